The highest BCUT2D eigenvalue weighted by atomic mass is 19.1. The van der Waals surface area contributed by atoms with Crippen LogP contribution in [0.25, 0.3) is 0 Å². The Hall–Kier alpha value is -3.09. The van der Waals surface area contributed by atoms with Crippen LogP contribution in [0, 0.1) is 23.6 Å². The first-order valence-electron chi connectivity index (χ1n) is 10.4. The Bertz CT molecular complexity index is 1010. The van der Waals surface area contributed by atoms with Crippen LogP contribution in [0.3, 0.4) is 0 Å². The summed E-state index contributed by atoms with van der Waals surface area (Å²) in [5.74, 6) is 1.84. The Kier molecular flexibility index (Phi) is 4.81. The molecule has 6 nitrogen and oxygen atoms in total. The third-order valence-electron chi connectivity index (χ3n) is 6.47. The fourth-order valence-corrected chi connectivity index (χ4v) is 5.01. The lowest BCUT2D eigenvalue weighted by atomic mass is 9.86. The van der Waals surface area contributed by atoms with Gasteiger partial charge in [-0.3, -0.25) is 9.59 Å². The molecule has 30 heavy (non-hydrogen) atoms. The largest absolute Gasteiger partial charge is 0.454 e. The van der Waals surface area contributed by atoms with Crippen molar-refractivity contribution in [1.29, 1.82) is 0 Å². The molecule has 0 aromatic heterocycles. The van der Waals surface area contributed by atoms with Crippen LogP contribution < -0.4 is 20.1 Å². The minimum Gasteiger partial charge on any atom is -0.454 e. The first-order valence-corrected chi connectivity index (χ1v) is 10.4. The fourth-order valence-electron chi connectivity index (χ4n) is 5.01. The lowest BCUT2D eigenvalue weighted by Gasteiger charge is -2.21. The quantitative estimate of drug-likeness (QED) is 0.757. The van der Waals surface area contributed by atoms with E-state index >= 15 is 0 Å². The van der Waals surface area contributed by atoms with E-state index in [1.54, 1.807) is 18.2 Å². The van der Waals surface area contributed by atoms with Gasteiger partial charge in [0.1, 0.15) is 5.82 Å². The highest BCUT2D eigenvalue weighted by Gasteiger charge is 2.40. The second-order valence-corrected chi connectivity index (χ2v) is 8.40. The van der Waals surface area contributed by atoms with Crippen molar-refractivity contribution in [3.63, 3.8) is 0 Å². The van der Waals surface area contributed by atoms with Crippen molar-refractivity contribution in [2.75, 3.05) is 17.4 Å². The van der Waals surface area contributed by atoms with E-state index in [0.717, 1.165) is 12.3 Å². The number of ether oxygens (including phenoxy) is 2. The molecule has 1 aliphatic heterocycles. The molecule has 2 fully saturated rings. The first kappa shape index (κ1) is 18.9. The van der Waals surface area contributed by atoms with Crippen molar-refractivity contribution in [1.82, 2.24) is 0 Å². The summed E-state index contributed by atoms with van der Waals surface area (Å²) >= 11 is 0. The average Bonchev–Trinajstić information content (AvgIpc) is 3.46. The molecule has 0 spiro atoms. The first-order chi connectivity index (χ1) is 14.5. The Morgan fingerprint density at radius 2 is 1.87 bits per heavy atom. The van der Waals surface area contributed by atoms with E-state index in [4.69, 9.17) is 9.47 Å². The Morgan fingerprint density at radius 1 is 1.00 bits per heavy atom. The van der Waals surface area contributed by atoms with Gasteiger partial charge in [0.25, 0.3) is 5.91 Å². The Balaban J connectivity index is 1.24. The van der Waals surface area contributed by atoms with Crippen molar-refractivity contribution in [3.05, 3.63) is 47.8 Å². The number of hydrogen-bond acceptors (Lipinski definition) is 4. The van der Waals surface area contributed by atoms with Gasteiger partial charge < -0.3 is 20.1 Å². The number of amides is 2. The number of hydrogen-bond donors (Lipinski definition) is 2. The highest BCUT2D eigenvalue weighted by molar-refractivity contribution is 6.05. The molecule has 2 aromatic carbocycles. The number of nitrogens with one attached hydrogen (secondary N) is 2. The molecule has 3 aliphatic rings. The number of rotatable bonds is 5. The predicted octanol–water partition coefficient (Wildman–Crippen LogP) is 4.57. The van der Waals surface area contributed by atoms with Gasteiger partial charge in [-0.05, 0) is 73.4 Å². The van der Waals surface area contributed by atoms with Crippen molar-refractivity contribution < 1.29 is 23.5 Å². The monoisotopic (exact) mass is 410 g/mol. The number of carbonyl (C=O) groups is 2. The molecule has 2 saturated carbocycles. The van der Waals surface area contributed by atoms with E-state index in [-0.39, 0.29) is 24.3 Å². The average molecular weight is 410 g/mol. The predicted molar refractivity (Wildman–Crippen MR) is 109 cm³/mol. The van der Waals surface area contributed by atoms with E-state index in [2.05, 4.69) is 10.6 Å². The van der Waals surface area contributed by atoms with Gasteiger partial charge in [-0.15, -0.1) is 0 Å². The van der Waals surface area contributed by atoms with Crippen LogP contribution >= 0.6 is 0 Å². The highest BCUT2D eigenvalue weighted by Crippen LogP contribution is 2.49. The SMILES string of the molecule is O=C(C[C@@H]1C[C@H]2CC[C@H]1C2)Nc1cc(NC(=O)c2ccc3c(c2)OCO3)ccc1F. The number of benzene rings is 2. The van der Waals surface area contributed by atoms with Crippen LogP contribution in [0.4, 0.5) is 15.8 Å². The molecule has 0 unspecified atom stereocenters. The Labute approximate surface area is 173 Å². The molecule has 156 valence electrons. The van der Waals surface area contributed by atoms with Crippen molar-refractivity contribution in [2.45, 2.75) is 32.1 Å². The van der Waals surface area contributed by atoms with E-state index in [0.29, 0.717) is 41.0 Å². The lowest BCUT2D eigenvalue weighted by Crippen LogP contribution is -2.21. The molecule has 5 rings (SSSR count). The van der Waals surface area contributed by atoms with Gasteiger partial charge in [0.2, 0.25) is 12.7 Å². The maximum Gasteiger partial charge on any atom is 0.255 e. The van der Waals surface area contributed by atoms with Gasteiger partial charge in [-0.25, -0.2) is 4.39 Å². The summed E-state index contributed by atoms with van der Waals surface area (Å²) < 4.78 is 24.8. The topological polar surface area (TPSA) is 76.7 Å². The van der Waals surface area contributed by atoms with Crippen LogP contribution in [-0.4, -0.2) is 18.6 Å². The van der Waals surface area contributed by atoms with Gasteiger partial charge in [0, 0.05) is 17.7 Å². The third kappa shape index (κ3) is 3.72. The summed E-state index contributed by atoms with van der Waals surface area (Å²) in [7, 11) is 0. The van der Waals surface area contributed by atoms with Gasteiger partial charge in [0.15, 0.2) is 11.5 Å². The summed E-state index contributed by atoms with van der Waals surface area (Å²) in [6, 6.07) is 9.04. The second kappa shape index (κ2) is 7.63. The van der Waals surface area contributed by atoms with E-state index in [9.17, 15) is 14.0 Å². The molecule has 2 N–H and O–H groups in total. The molecule has 1 heterocycles. The molecule has 2 aliphatic carbocycles. The van der Waals surface area contributed by atoms with Crippen LogP contribution in [0.2, 0.25) is 0 Å². The maximum absolute atomic E-state index is 14.2. The summed E-state index contributed by atoms with van der Waals surface area (Å²) in [4.78, 5) is 25.0. The lowest BCUT2D eigenvalue weighted by molar-refractivity contribution is -0.117. The van der Waals surface area contributed by atoms with E-state index < -0.39 is 5.82 Å². The summed E-state index contributed by atoms with van der Waals surface area (Å²) in [6.07, 6.45) is 5.25. The fraction of sp³-hybridized carbons (Fsp3) is 0.391. The molecular formula is C23H23FN2O4. The molecule has 7 heteroatoms. The van der Waals surface area contributed by atoms with E-state index in [1.807, 2.05) is 0 Å². The Morgan fingerprint density at radius 3 is 2.67 bits per heavy atom. The number of halogens is 1. The van der Waals surface area contributed by atoms with Gasteiger partial charge >= 0.3 is 0 Å². The molecule has 2 amide bonds. The van der Waals surface area contributed by atoms with Crippen LogP contribution in [0.5, 0.6) is 11.5 Å². The zero-order chi connectivity index (χ0) is 20.7. The second-order valence-electron chi connectivity index (χ2n) is 8.40. The minimum absolute atomic E-state index is 0.0756. The minimum atomic E-state index is -0.530. The van der Waals surface area contributed by atoms with Gasteiger partial charge in [-0.1, -0.05) is 6.42 Å². The number of anilines is 2. The van der Waals surface area contributed by atoms with Crippen LogP contribution in [0.15, 0.2) is 36.4 Å². The number of carbonyl (C=O) groups excluding carboxylic acids is 2. The van der Waals surface area contributed by atoms with Crippen molar-refractivity contribution >= 4 is 23.2 Å². The van der Waals surface area contributed by atoms with E-state index in [1.165, 1.54) is 37.5 Å². The smallest absolute Gasteiger partial charge is 0.255 e. The van der Waals surface area contributed by atoms with Crippen molar-refractivity contribution in [3.8, 4) is 11.5 Å². The zero-order valence-corrected chi connectivity index (χ0v) is 16.4. The molecule has 3 atom stereocenters. The van der Waals surface area contributed by atoms with Crippen LogP contribution in [0.1, 0.15) is 42.5 Å². The third-order valence-corrected chi connectivity index (χ3v) is 6.47. The molecule has 2 bridgehead atoms. The molecular weight excluding hydrogens is 387 g/mol. The van der Waals surface area contributed by atoms with Gasteiger partial charge in [0.05, 0.1) is 5.69 Å². The summed E-state index contributed by atoms with van der Waals surface area (Å²) in [5, 5.41) is 5.41. The standard InChI is InChI=1S/C23H23FN2O4/c24-18-5-4-17(25-23(28)15-3-6-20-21(9-15)30-12-29-20)11-19(18)26-22(27)10-16-8-13-1-2-14(16)7-13/h3-6,9,11,13-14,16H,1-2,7-8,10,12H2,(H,25,28)(H,26,27)/t13-,14-,16-/m0/s1. The molecule has 2 aromatic rings. The summed E-state index contributed by atoms with van der Waals surface area (Å²) in [5.41, 5.74) is 0.867. The normalized spacial score (nSPS) is 23.4. The van der Waals surface area contributed by atoms with Gasteiger partial charge in [-0.2, -0.15) is 0 Å². The summed E-state index contributed by atoms with van der Waals surface area (Å²) in [6.45, 7) is 0.129. The number of fused-ring (bicyclic) bond motifs is 3. The molecule has 0 saturated heterocycles. The van der Waals surface area contributed by atoms with Crippen LogP contribution in [-0.2, 0) is 4.79 Å². The maximum atomic E-state index is 14.2. The van der Waals surface area contributed by atoms with Crippen molar-refractivity contribution in [2.24, 2.45) is 17.8 Å². The molecule has 0 radical (unpaired) electrons. The zero-order valence-electron chi connectivity index (χ0n) is 16.4.